The van der Waals surface area contributed by atoms with E-state index in [9.17, 15) is 0 Å². The molecule has 0 aliphatic carbocycles. The topological polar surface area (TPSA) is 74.3 Å². The van der Waals surface area contributed by atoms with Gasteiger partial charge in [0.2, 0.25) is 4.77 Å². The van der Waals surface area contributed by atoms with Crippen molar-refractivity contribution in [2.24, 2.45) is 12.8 Å². The van der Waals surface area contributed by atoms with Crippen molar-refractivity contribution >= 4 is 23.7 Å². The van der Waals surface area contributed by atoms with Gasteiger partial charge in [0.25, 0.3) is 0 Å². The zero-order valence-electron chi connectivity index (χ0n) is 10.9. The van der Waals surface area contributed by atoms with Gasteiger partial charge >= 0.3 is 0 Å². The monoisotopic (exact) mass is 290 g/mol. The Bertz CT molecular complexity index is 714. The number of ether oxygens (including phenoxy) is 2. The molecule has 0 saturated carbocycles. The number of aromatic nitrogens is 2. The number of nitrogens with two attached hydrogens (primary N) is 1. The predicted molar refractivity (Wildman–Crippen MR) is 78.4 cm³/mol. The minimum absolute atomic E-state index is 0.439. The van der Waals surface area contributed by atoms with Gasteiger partial charge in [-0.05, 0) is 24.4 Å². The zero-order chi connectivity index (χ0) is 14.1. The van der Waals surface area contributed by atoms with E-state index in [0.717, 1.165) is 5.69 Å². The summed E-state index contributed by atoms with van der Waals surface area (Å²) in [6.07, 6.45) is 1.80. The fourth-order valence-corrected chi connectivity index (χ4v) is 2.08. The van der Waals surface area contributed by atoms with Crippen LogP contribution in [-0.2, 0) is 7.05 Å². The molecule has 0 spiro atoms. The van der Waals surface area contributed by atoms with Crippen LogP contribution in [0.5, 0.6) is 17.2 Å². The van der Waals surface area contributed by atoms with Crippen molar-refractivity contribution in [1.82, 2.24) is 9.55 Å². The molecule has 20 heavy (non-hydrogen) atoms. The fourth-order valence-electron chi connectivity index (χ4n) is 1.93. The Kier molecular flexibility index (Phi) is 3.29. The van der Waals surface area contributed by atoms with Gasteiger partial charge in [0.05, 0.1) is 6.20 Å². The first-order valence-electron chi connectivity index (χ1n) is 6.17. The quantitative estimate of drug-likeness (QED) is 0.721. The number of nitrogens with one attached hydrogen (secondary N) is 1. The minimum Gasteiger partial charge on any atom is -0.490 e. The molecule has 0 amide bonds. The Labute approximate surface area is 121 Å². The van der Waals surface area contributed by atoms with Crippen LogP contribution in [0.25, 0.3) is 0 Å². The predicted octanol–water partition coefficient (Wildman–Crippen LogP) is 2.34. The van der Waals surface area contributed by atoms with E-state index in [4.69, 9.17) is 27.4 Å². The molecule has 0 unspecified atom stereocenters. The van der Waals surface area contributed by atoms with Crippen LogP contribution in [0.3, 0.4) is 0 Å². The summed E-state index contributed by atoms with van der Waals surface area (Å²) in [6, 6.07) is 5.59. The van der Waals surface area contributed by atoms with Gasteiger partial charge < -0.3 is 25.1 Å². The third-order valence-electron chi connectivity index (χ3n) is 2.88. The van der Waals surface area contributed by atoms with Crippen molar-refractivity contribution in [1.29, 1.82) is 0 Å². The molecule has 0 saturated heterocycles. The van der Waals surface area contributed by atoms with E-state index in [2.05, 4.69) is 10.3 Å². The standard InChI is InChI=1S/C13H14N4O2S/c1-17-7-10-12(16-13(17)20)15-11-8(18-6-5-14)3-2-4-9(11)19-10/h2-4,7H,5-6,14H2,1H3,(H,15,16,20). The van der Waals surface area contributed by atoms with Crippen LogP contribution in [-0.4, -0.2) is 22.7 Å². The first-order chi connectivity index (χ1) is 9.69. The Hall–Kier alpha value is -2.12. The van der Waals surface area contributed by atoms with Crippen molar-refractivity contribution in [2.45, 2.75) is 0 Å². The maximum Gasteiger partial charge on any atom is 0.201 e. The van der Waals surface area contributed by atoms with Crippen molar-refractivity contribution < 1.29 is 9.47 Å². The highest BCUT2D eigenvalue weighted by molar-refractivity contribution is 7.71. The van der Waals surface area contributed by atoms with E-state index in [1.54, 1.807) is 10.8 Å². The Morgan fingerprint density at radius 1 is 1.45 bits per heavy atom. The van der Waals surface area contributed by atoms with E-state index >= 15 is 0 Å². The van der Waals surface area contributed by atoms with Crippen molar-refractivity contribution in [3.63, 3.8) is 0 Å². The smallest absolute Gasteiger partial charge is 0.201 e. The minimum atomic E-state index is 0.439. The van der Waals surface area contributed by atoms with Gasteiger partial charge in [-0.15, -0.1) is 0 Å². The van der Waals surface area contributed by atoms with Gasteiger partial charge in [-0.2, -0.15) is 4.98 Å². The van der Waals surface area contributed by atoms with Crippen molar-refractivity contribution in [2.75, 3.05) is 18.5 Å². The average molecular weight is 290 g/mol. The van der Waals surface area contributed by atoms with E-state index in [0.29, 0.717) is 41.0 Å². The number of fused-ring (bicyclic) bond motifs is 2. The normalized spacial score (nSPS) is 11.9. The lowest BCUT2D eigenvalue weighted by atomic mass is 10.2. The highest BCUT2D eigenvalue weighted by atomic mass is 32.1. The molecule has 0 atom stereocenters. The Morgan fingerprint density at radius 3 is 3.10 bits per heavy atom. The van der Waals surface area contributed by atoms with Gasteiger partial charge in [-0.1, -0.05) is 6.07 Å². The van der Waals surface area contributed by atoms with Crippen molar-refractivity contribution in [3.8, 4) is 17.2 Å². The largest absolute Gasteiger partial charge is 0.490 e. The fraction of sp³-hybridized carbons (Fsp3) is 0.231. The summed E-state index contributed by atoms with van der Waals surface area (Å²) in [5, 5.41) is 3.20. The second-order valence-electron chi connectivity index (χ2n) is 4.34. The molecule has 2 aromatic rings. The Balaban J connectivity index is 2.01. The van der Waals surface area contributed by atoms with E-state index < -0.39 is 0 Å². The number of nitrogens with zero attached hydrogens (tertiary/aromatic N) is 2. The number of rotatable bonds is 3. The highest BCUT2D eigenvalue weighted by Gasteiger charge is 2.21. The van der Waals surface area contributed by atoms with Crippen LogP contribution in [0.2, 0.25) is 0 Å². The van der Waals surface area contributed by atoms with Gasteiger partial charge in [-0.25, -0.2) is 0 Å². The number of hydrogen-bond donors (Lipinski definition) is 2. The summed E-state index contributed by atoms with van der Waals surface area (Å²) in [5.74, 6) is 2.58. The van der Waals surface area contributed by atoms with E-state index in [1.807, 2.05) is 25.2 Å². The van der Waals surface area contributed by atoms with Crippen LogP contribution >= 0.6 is 12.2 Å². The average Bonchev–Trinajstić information content (AvgIpc) is 2.44. The Morgan fingerprint density at radius 2 is 2.30 bits per heavy atom. The summed E-state index contributed by atoms with van der Waals surface area (Å²) < 4.78 is 13.6. The molecule has 1 aliphatic rings. The molecule has 0 bridgehead atoms. The summed E-state index contributed by atoms with van der Waals surface area (Å²) >= 11 is 5.15. The van der Waals surface area contributed by atoms with Gasteiger partial charge in [0.1, 0.15) is 18.0 Å². The molecule has 1 aliphatic heterocycles. The third-order valence-corrected chi connectivity index (χ3v) is 3.26. The first-order valence-corrected chi connectivity index (χ1v) is 6.58. The summed E-state index contributed by atoms with van der Waals surface area (Å²) in [5.41, 5.74) is 6.20. The van der Waals surface area contributed by atoms with E-state index in [1.165, 1.54) is 0 Å². The molecular weight excluding hydrogens is 276 g/mol. The van der Waals surface area contributed by atoms with Crippen LogP contribution in [0.4, 0.5) is 11.5 Å². The number of aryl methyl sites for hydroxylation is 1. The molecular formula is C13H14N4O2S. The molecule has 1 aromatic carbocycles. The van der Waals surface area contributed by atoms with Gasteiger partial charge in [0.15, 0.2) is 17.3 Å². The summed E-state index contributed by atoms with van der Waals surface area (Å²) in [7, 11) is 1.83. The van der Waals surface area contributed by atoms with Gasteiger partial charge in [0, 0.05) is 13.6 Å². The lowest BCUT2D eigenvalue weighted by Crippen LogP contribution is -2.13. The number of hydrogen-bond acceptors (Lipinski definition) is 6. The second-order valence-corrected chi connectivity index (χ2v) is 4.71. The summed E-state index contributed by atoms with van der Waals surface area (Å²) in [4.78, 5) is 4.29. The van der Waals surface area contributed by atoms with Gasteiger partial charge in [-0.3, -0.25) is 0 Å². The third kappa shape index (κ3) is 2.21. The molecule has 1 aromatic heterocycles. The van der Waals surface area contributed by atoms with Crippen LogP contribution < -0.4 is 20.5 Å². The highest BCUT2D eigenvalue weighted by Crippen LogP contribution is 2.45. The number of anilines is 2. The van der Waals surface area contributed by atoms with E-state index in [-0.39, 0.29) is 0 Å². The molecule has 3 rings (SSSR count). The van der Waals surface area contributed by atoms with Crippen LogP contribution in [0, 0.1) is 4.77 Å². The van der Waals surface area contributed by atoms with Crippen LogP contribution in [0.15, 0.2) is 24.4 Å². The zero-order valence-corrected chi connectivity index (χ0v) is 11.7. The molecule has 2 heterocycles. The number of para-hydroxylation sites is 1. The molecule has 0 radical (unpaired) electrons. The lowest BCUT2D eigenvalue weighted by Gasteiger charge is -2.23. The molecule has 104 valence electrons. The number of benzene rings is 1. The maximum absolute atomic E-state index is 5.83. The molecule has 3 N–H and O–H groups in total. The molecule has 6 nitrogen and oxygen atoms in total. The second kappa shape index (κ2) is 5.10. The molecule has 7 heteroatoms. The maximum atomic E-state index is 5.83. The van der Waals surface area contributed by atoms with Crippen LogP contribution in [0.1, 0.15) is 0 Å². The van der Waals surface area contributed by atoms with Crippen molar-refractivity contribution in [3.05, 3.63) is 29.2 Å². The first kappa shape index (κ1) is 12.9. The lowest BCUT2D eigenvalue weighted by molar-refractivity contribution is 0.328. The summed E-state index contributed by atoms with van der Waals surface area (Å²) in [6.45, 7) is 0.889. The SMILES string of the molecule is Cn1cc2c(nc1=S)Nc1c(OCCN)cccc1O2. The molecule has 0 fully saturated rings.